The highest BCUT2D eigenvalue weighted by molar-refractivity contribution is 7.12. The Morgan fingerprint density at radius 2 is 1.88 bits per heavy atom. The number of carboxylic acids is 1. The minimum atomic E-state index is -4.41. The summed E-state index contributed by atoms with van der Waals surface area (Å²) in [6.07, 6.45) is -1.83. The van der Waals surface area contributed by atoms with Crippen LogP contribution >= 0.6 is 11.3 Å². The Labute approximate surface area is 190 Å². The Kier molecular flexibility index (Phi) is 6.50. The fourth-order valence-electron chi connectivity index (χ4n) is 3.88. The Bertz CT molecular complexity index is 1130. The molecule has 0 saturated carbocycles. The number of carbonyl (C=O) groups is 1. The van der Waals surface area contributed by atoms with Gasteiger partial charge in [0, 0.05) is 16.3 Å². The molecule has 11 heteroatoms. The van der Waals surface area contributed by atoms with Crippen molar-refractivity contribution in [1.29, 1.82) is 0 Å². The summed E-state index contributed by atoms with van der Waals surface area (Å²) in [6.45, 7) is 0.780. The molecule has 1 aromatic carbocycles. The number of nitrogens with one attached hydrogen (secondary N) is 1. The lowest BCUT2D eigenvalue weighted by Crippen LogP contribution is -2.25. The van der Waals surface area contributed by atoms with Crippen molar-refractivity contribution >= 4 is 28.9 Å². The zero-order valence-corrected chi connectivity index (χ0v) is 18.1. The van der Waals surface area contributed by atoms with Gasteiger partial charge in [0.15, 0.2) is 11.6 Å². The van der Waals surface area contributed by atoms with E-state index in [0.29, 0.717) is 23.4 Å². The highest BCUT2D eigenvalue weighted by Gasteiger charge is 2.33. The molecule has 1 fully saturated rings. The molecule has 4 rings (SSSR count). The zero-order chi connectivity index (χ0) is 23.6. The van der Waals surface area contributed by atoms with E-state index in [2.05, 4.69) is 15.3 Å². The lowest BCUT2D eigenvalue weighted by molar-refractivity contribution is -0.138. The molecule has 0 bridgehead atoms. The monoisotopic (exact) mass is 480 g/mol. The second kappa shape index (κ2) is 9.34. The van der Waals surface area contributed by atoms with E-state index in [1.54, 1.807) is 17.0 Å². The molecule has 2 N–H and O–H groups in total. The molecule has 1 atom stereocenters. The number of halogens is 4. The molecule has 0 radical (unpaired) electrons. The van der Waals surface area contributed by atoms with Gasteiger partial charge in [-0.1, -0.05) is 12.1 Å². The standard InChI is InChI=1S/C22H20F4N4O2S/c23-19-20(27-11-16-8-7-15(33-16)10-18(31)32)28-12-29-21(19)30-9-1-2-17(30)13-3-5-14(6-4-13)22(24,25)26/h3-8,12,17H,1-2,9-11H2,(H,31,32)(H,27,28,29)/t17-/m1/s1. The van der Waals surface area contributed by atoms with E-state index in [-0.39, 0.29) is 30.6 Å². The second-order valence-corrected chi connectivity index (χ2v) is 8.88. The number of carboxylic acid groups (broad SMARTS) is 1. The number of alkyl halides is 3. The van der Waals surface area contributed by atoms with Gasteiger partial charge < -0.3 is 15.3 Å². The molecule has 33 heavy (non-hydrogen) atoms. The van der Waals surface area contributed by atoms with Crippen molar-refractivity contribution in [3.05, 3.63) is 69.4 Å². The minimum Gasteiger partial charge on any atom is -0.481 e. The average molecular weight is 480 g/mol. The SMILES string of the molecule is O=C(O)Cc1ccc(CNc2ncnc(N3CCC[C@@H]3c3ccc(C(F)(F)F)cc3)c2F)s1. The van der Waals surface area contributed by atoms with Crippen LogP contribution in [0.5, 0.6) is 0 Å². The maximum Gasteiger partial charge on any atom is 0.416 e. The molecule has 3 heterocycles. The summed E-state index contributed by atoms with van der Waals surface area (Å²) in [4.78, 5) is 22.2. The number of hydrogen-bond acceptors (Lipinski definition) is 6. The highest BCUT2D eigenvalue weighted by Crippen LogP contribution is 2.38. The summed E-state index contributed by atoms with van der Waals surface area (Å²) in [5, 5.41) is 11.8. The van der Waals surface area contributed by atoms with Crippen LogP contribution in [0.1, 0.15) is 39.8 Å². The van der Waals surface area contributed by atoms with Crippen LogP contribution < -0.4 is 10.2 Å². The lowest BCUT2D eigenvalue weighted by atomic mass is 10.0. The fourth-order valence-corrected chi connectivity index (χ4v) is 4.83. The van der Waals surface area contributed by atoms with E-state index >= 15 is 4.39 Å². The number of rotatable bonds is 7. The quantitative estimate of drug-likeness (QED) is 0.448. The number of hydrogen-bond donors (Lipinski definition) is 2. The van der Waals surface area contributed by atoms with Crippen molar-refractivity contribution in [1.82, 2.24) is 9.97 Å². The molecule has 0 spiro atoms. The molecule has 1 saturated heterocycles. The summed E-state index contributed by atoms with van der Waals surface area (Å²) in [5.41, 5.74) is -0.0619. The molecular formula is C22H20F4N4O2S. The third-order valence-electron chi connectivity index (χ3n) is 5.39. The summed E-state index contributed by atoms with van der Waals surface area (Å²) < 4.78 is 53.9. The van der Waals surface area contributed by atoms with E-state index in [0.717, 1.165) is 23.4 Å². The van der Waals surface area contributed by atoms with E-state index < -0.39 is 23.5 Å². The van der Waals surface area contributed by atoms with Gasteiger partial charge in [-0.3, -0.25) is 4.79 Å². The van der Waals surface area contributed by atoms with Gasteiger partial charge in [-0.2, -0.15) is 17.6 Å². The van der Waals surface area contributed by atoms with Crippen LogP contribution in [-0.4, -0.2) is 27.6 Å². The van der Waals surface area contributed by atoms with E-state index in [1.165, 1.54) is 29.8 Å². The van der Waals surface area contributed by atoms with Gasteiger partial charge in [0.1, 0.15) is 6.33 Å². The molecule has 6 nitrogen and oxygen atoms in total. The maximum atomic E-state index is 15.3. The van der Waals surface area contributed by atoms with E-state index in [4.69, 9.17) is 5.11 Å². The number of nitrogens with zero attached hydrogens (tertiary/aromatic N) is 3. The van der Waals surface area contributed by atoms with Crippen molar-refractivity contribution in [2.45, 2.75) is 38.0 Å². The van der Waals surface area contributed by atoms with E-state index in [9.17, 15) is 18.0 Å². The summed E-state index contributed by atoms with van der Waals surface area (Å²) in [6, 6.07) is 8.13. The zero-order valence-electron chi connectivity index (χ0n) is 17.3. The summed E-state index contributed by atoms with van der Waals surface area (Å²) in [7, 11) is 0. The largest absolute Gasteiger partial charge is 0.481 e. The molecule has 0 aliphatic carbocycles. The third-order valence-corrected chi connectivity index (χ3v) is 6.48. The van der Waals surface area contributed by atoms with Gasteiger partial charge in [-0.15, -0.1) is 11.3 Å². The molecule has 0 amide bonds. The van der Waals surface area contributed by atoms with Crippen molar-refractivity contribution in [3.63, 3.8) is 0 Å². The van der Waals surface area contributed by atoms with Crippen molar-refractivity contribution in [2.24, 2.45) is 0 Å². The van der Waals surface area contributed by atoms with Crippen LogP contribution in [0.4, 0.5) is 29.2 Å². The summed E-state index contributed by atoms with van der Waals surface area (Å²) in [5.74, 6) is -1.46. The van der Waals surface area contributed by atoms with Gasteiger partial charge in [0.25, 0.3) is 0 Å². The van der Waals surface area contributed by atoms with Gasteiger partial charge in [0.05, 0.1) is 24.6 Å². The topological polar surface area (TPSA) is 78.3 Å². The van der Waals surface area contributed by atoms with Gasteiger partial charge in [-0.05, 0) is 42.7 Å². The first-order valence-corrected chi connectivity index (χ1v) is 11.0. The van der Waals surface area contributed by atoms with Gasteiger partial charge in [0.2, 0.25) is 5.82 Å². The minimum absolute atomic E-state index is 0.00579. The van der Waals surface area contributed by atoms with Crippen LogP contribution in [0.25, 0.3) is 0 Å². The Balaban J connectivity index is 1.50. The number of aromatic nitrogens is 2. The predicted molar refractivity (Wildman–Crippen MR) is 116 cm³/mol. The normalized spacial score (nSPS) is 16.2. The second-order valence-electron chi connectivity index (χ2n) is 7.62. The van der Waals surface area contributed by atoms with Crippen LogP contribution in [0.3, 0.4) is 0 Å². The van der Waals surface area contributed by atoms with Crippen LogP contribution in [0.2, 0.25) is 0 Å². The molecular weight excluding hydrogens is 460 g/mol. The highest BCUT2D eigenvalue weighted by atomic mass is 32.1. The van der Waals surface area contributed by atoms with Crippen molar-refractivity contribution < 1.29 is 27.5 Å². The Morgan fingerprint density at radius 3 is 2.58 bits per heavy atom. The maximum absolute atomic E-state index is 15.3. The van der Waals surface area contributed by atoms with E-state index in [1.807, 2.05) is 0 Å². The van der Waals surface area contributed by atoms with Gasteiger partial charge in [-0.25, -0.2) is 9.97 Å². The summed E-state index contributed by atoms with van der Waals surface area (Å²) >= 11 is 1.32. The first kappa shape index (κ1) is 23.0. The van der Waals surface area contributed by atoms with Crippen LogP contribution in [0, 0.1) is 5.82 Å². The molecule has 1 aliphatic heterocycles. The third kappa shape index (κ3) is 5.24. The first-order chi connectivity index (χ1) is 15.7. The average Bonchev–Trinajstić information content (AvgIpc) is 3.42. The molecule has 3 aromatic rings. The number of benzene rings is 1. The predicted octanol–water partition coefficient (Wildman–Crippen LogP) is 5.28. The smallest absolute Gasteiger partial charge is 0.416 e. The number of thiophene rings is 1. The van der Waals surface area contributed by atoms with Gasteiger partial charge >= 0.3 is 12.1 Å². The van der Waals surface area contributed by atoms with Crippen molar-refractivity contribution in [2.75, 3.05) is 16.8 Å². The number of aliphatic carboxylic acids is 1. The molecule has 0 unspecified atom stereocenters. The fraction of sp³-hybridized carbons (Fsp3) is 0.318. The Morgan fingerprint density at radius 1 is 1.15 bits per heavy atom. The first-order valence-electron chi connectivity index (χ1n) is 10.2. The Hall–Kier alpha value is -3.21. The van der Waals surface area contributed by atoms with Crippen LogP contribution in [-0.2, 0) is 23.9 Å². The molecule has 1 aliphatic rings. The van der Waals surface area contributed by atoms with Crippen LogP contribution in [0.15, 0.2) is 42.7 Å². The molecule has 2 aromatic heterocycles. The number of anilines is 2. The van der Waals surface area contributed by atoms with Crippen molar-refractivity contribution in [3.8, 4) is 0 Å². The lowest BCUT2D eigenvalue weighted by Gasteiger charge is -2.27. The molecule has 174 valence electrons.